The summed E-state index contributed by atoms with van der Waals surface area (Å²) in [6.45, 7) is 11.5. The lowest BCUT2D eigenvalue weighted by molar-refractivity contribution is 0.106. The predicted molar refractivity (Wildman–Crippen MR) is 96.9 cm³/mol. The minimum atomic E-state index is 0.351. The highest BCUT2D eigenvalue weighted by Gasteiger charge is 2.33. The van der Waals surface area contributed by atoms with Gasteiger partial charge in [-0.3, -0.25) is 0 Å². The highest BCUT2D eigenvalue weighted by atomic mass is 16.5. The van der Waals surface area contributed by atoms with E-state index >= 15 is 0 Å². The maximum Gasteiger partial charge on any atom is 0.121 e. The fourth-order valence-electron chi connectivity index (χ4n) is 3.21. The van der Waals surface area contributed by atoms with Gasteiger partial charge < -0.3 is 19.3 Å². The maximum atomic E-state index is 8.18. The molecule has 0 fully saturated rings. The third-order valence-corrected chi connectivity index (χ3v) is 4.18. The van der Waals surface area contributed by atoms with Gasteiger partial charge in [0.1, 0.15) is 12.4 Å². The SMILES string of the molecule is CCN1c2ccc(OCCOCCN=[N+]=[N-])cc2N(C(C)C)C1C. The molecule has 2 rings (SSSR count). The Morgan fingerprint density at radius 3 is 2.71 bits per heavy atom. The van der Waals surface area contributed by atoms with E-state index in [1.54, 1.807) is 0 Å². The van der Waals surface area contributed by atoms with Crippen molar-refractivity contribution >= 4 is 11.4 Å². The average molecular weight is 333 g/mol. The minimum absolute atomic E-state index is 0.351. The van der Waals surface area contributed by atoms with E-state index in [9.17, 15) is 0 Å². The standard InChI is InChI=1S/C17H27N5O2/c1-5-21-14(4)22(13(2)3)17-12-15(6-7-16(17)21)24-11-10-23-9-8-19-20-18/h6-7,12-14H,5,8-11H2,1-4H3. The van der Waals surface area contributed by atoms with Gasteiger partial charge in [0.25, 0.3) is 0 Å². The second-order valence-electron chi connectivity index (χ2n) is 5.98. The summed E-state index contributed by atoms with van der Waals surface area (Å²) < 4.78 is 11.1. The Bertz CT molecular complexity index is 586. The van der Waals surface area contributed by atoms with E-state index in [1.165, 1.54) is 11.4 Å². The highest BCUT2D eigenvalue weighted by molar-refractivity contribution is 5.79. The third kappa shape index (κ3) is 4.04. The molecule has 0 spiro atoms. The number of anilines is 2. The van der Waals surface area contributed by atoms with Crippen molar-refractivity contribution in [3.05, 3.63) is 28.6 Å². The smallest absolute Gasteiger partial charge is 0.121 e. The van der Waals surface area contributed by atoms with Crippen molar-refractivity contribution in [3.8, 4) is 5.75 Å². The van der Waals surface area contributed by atoms with E-state index in [0.29, 0.717) is 38.6 Å². The van der Waals surface area contributed by atoms with Gasteiger partial charge >= 0.3 is 0 Å². The summed E-state index contributed by atoms with van der Waals surface area (Å²) in [6, 6.07) is 6.68. The molecule has 0 aromatic heterocycles. The van der Waals surface area contributed by atoms with Crippen LogP contribution in [0.4, 0.5) is 11.4 Å². The van der Waals surface area contributed by atoms with Crippen molar-refractivity contribution in [3.63, 3.8) is 0 Å². The van der Waals surface area contributed by atoms with Gasteiger partial charge in [-0.05, 0) is 45.4 Å². The van der Waals surface area contributed by atoms with E-state index in [0.717, 1.165) is 12.3 Å². The first kappa shape index (κ1) is 18.2. The second-order valence-corrected chi connectivity index (χ2v) is 5.98. The molecule has 0 bridgehead atoms. The molecular weight excluding hydrogens is 306 g/mol. The lowest BCUT2D eigenvalue weighted by Crippen LogP contribution is -2.44. The molecule has 0 radical (unpaired) electrons. The van der Waals surface area contributed by atoms with E-state index in [1.807, 2.05) is 6.07 Å². The van der Waals surface area contributed by atoms with Gasteiger partial charge in [-0.15, -0.1) is 0 Å². The molecule has 7 nitrogen and oxygen atoms in total. The first-order valence-electron chi connectivity index (χ1n) is 8.50. The number of fused-ring (bicyclic) bond motifs is 1. The van der Waals surface area contributed by atoms with Crippen LogP contribution < -0.4 is 14.5 Å². The summed E-state index contributed by atoms with van der Waals surface area (Å²) in [4.78, 5) is 7.50. The van der Waals surface area contributed by atoms with Gasteiger partial charge in [0, 0.05) is 30.1 Å². The van der Waals surface area contributed by atoms with Gasteiger partial charge in [0.05, 0.1) is 30.8 Å². The van der Waals surface area contributed by atoms with Crippen LogP contribution >= 0.6 is 0 Å². The first-order chi connectivity index (χ1) is 11.6. The van der Waals surface area contributed by atoms with E-state index in [2.05, 4.69) is 59.7 Å². The van der Waals surface area contributed by atoms with E-state index in [4.69, 9.17) is 15.0 Å². The summed E-state index contributed by atoms with van der Waals surface area (Å²) in [6.07, 6.45) is 0.351. The molecule has 1 aliphatic heterocycles. The van der Waals surface area contributed by atoms with Crippen molar-refractivity contribution in [2.45, 2.75) is 39.9 Å². The zero-order valence-electron chi connectivity index (χ0n) is 15.0. The molecule has 24 heavy (non-hydrogen) atoms. The molecule has 1 atom stereocenters. The summed E-state index contributed by atoms with van der Waals surface area (Å²) in [7, 11) is 0. The molecule has 7 heteroatoms. The van der Waals surface area contributed by atoms with E-state index in [-0.39, 0.29) is 0 Å². The van der Waals surface area contributed by atoms with Crippen LogP contribution in [0.5, 0.6) is 5.75 Å². The van der Waals surface area contributed by atoms with Gasteiger partial charge in [-0.1, -0.05) is 5.11 Å². The first-order valence-corrected chi connectivity index (χ1v) is 8.50. The van der Waals surface area contributed by atoms with Crippen LogP contribution in [0.25, 0.3) is 10.4 Å². The molecule has 0 N–H and O–H groups in total. The van der Waals surface area contributed by atoms with Crippen molar-refractivity contribution in [2.24, 2.45) is 5.11 Å². The monoisotopic (exact) mass is 333 g/mol. The topological polar surface area (TPSA) is 73.7 Å². The molecule has 1 aliphatic rings. The number of hydrogen-bond donors (Lipinski definition) is 0. The second kappa shape index (κ2) is 8.66. The van der Waals surface area contributed by atoms with Crippen LogP contribution in [0.1, 0.15) is 27.7 Å². The quantitative estimate of drug-likeness (QED) is 0.298. The molecule has 1 aromatic carbocycles. The highest BCUT2D eigenvalue weighted by Crippen LogP contribution is 2.42. The van der Waals surface area contributed by atoms with Crippen molar-refractivity contribution in [1.29, 1.82) is 0 Å². The summed E-state index contributed by atoms with van der Waals surface area (Å²) >= 11 is 0. The normalized spacial score (nSPS) is 16.3. The lowest BCUT2D eigenvalue weighted by Gasteiger charge is -2.32. The molecule has 0 aliphatic carbocycles. The maximum absolute atomic E-state index is 8.18. The Hall–Kier alpha value is -2.11. The van der Waals surface area contributed by atoms with Crippen LogP contribution in [0.15, 0.2) is 23.3 Å². The van der Waals surface area contributed by atoms with Crippen molar-refractivity contribution < 1.29 is 9.47 Å². The van der Waals surface area contributed by atoms with E-state index < -0.39 is 0 Å². The predicted octanol–water partition coefficient (Wildman–Crippen LogP) is 3.79. The summed E-state index contributed by atoms with van der Waals surface area (Å²) in [5, 5.41) is 3.42. The largest absolute Gasteiger partial charge is 0.491 e. The van der Waals surface area contributed by atoms with Gasteiger partial charge in [0.15, 0.2) is 0 Å². The van der Waals surface area contributed by atoms with Gasteiger partial charge in [0.2, 0.25) is 0 Å². The minimum Gasteiger partial charge on any atom is -0.491 e. The molecule has 1 unspecified atom stereocenters. The van der Waals surface area contributed by atoms with Crippen molar-refractivity contribution in [2.75, 3.05) is 42.7 Å². The Morgan fingerprint density at radius 1 is 1.25 bits per heavy atom. The Balaban J connectivity index is 1.96. The number of rotatable bonds is 9. The summed E-state index contributed by atoms with van der Waals surface area (Å²) in [5.41, 5.74) is 10.7. The number of benzene rings is 1. The third-order valence-electron chi connectivity index (χ3n) is 4.18. The molecule has 132 valence electrons. The molecule has 0 saturated carbocycles. The fraction of sp³-hybridized carbons (Fsp3) is 0.647. The Labute approximate surface area is 143 Å². The molecule has 0 amide bonds. The van der Waals surface area contributed by atoms with Crippen LogP contribution in [-0.4, -0.2) is 45.1 Å². The molecule has 1 aromatic rings. The Morgan fingerprint density at radius 2 is 2.04 bits per heavy atom. The number of azide groups is 1. The molecular formula is C17H27N5O2. The number of nitrogens with zero attached hydrogens (tertiary/aromatic N) is 5. The van der Waals surface area contributed by atoms with Crippen LogP contribution in [0.3, 0.4) is 0 Å². The fourth-order valence-corrected chi connectivity index (χ4v) is 3.21. The zero-order chi connectivity index (χ0) is 17.5. The lowest BCUT2D eigenvalue weighted by atomic mass is 10.2. The number of ether oxygens (including phenoxy) is 2. The molecule has 0 saturated heterocycles. The van der Waals surface area contributed by atoms with Crippen LogP contribution in [0.2, 0.25) is 0 Å². The van der Waals surface area contributed by atoms with Gasteiger partial charge in [-0.25, -0.2) is 0 Å². The van der Waals surface area contributed by atoms with Gasteiger partial charge in [-0.2, -0.15) is 0 Å². The Kier molecular flexibility index (Phi) is 6.58. The summed E-state index contributed by atoms with van der Waals surface area (Å²) in [5.74, 6) is 0.850. The molecule has 1 heterocycles. The average Bonchev–Trinajstić information content (AvgIpc) is 2.84. The zero-order valence-corrected chi connectivity index (χ0v) is 15.0. The van der Waals surface area contributed by atoms with Crippen LogP contribution in [-0.2, 0) is 4.74 Å². The van der Waals surface area contributed by atoms with Crippen molar-refractivity contribution in [1.82, 2.24) is 0 Å². The van der Waals surface area contributed by atoms with Crippen LogP contribution in [0, 0.1) is 0 Å². The number of hydrogen-bond acceptors (Lipinski definition) is 5.